The lowest BCUT2D eigenvalue weighted by Crippen LogP contribution is -2.43. The molecule has 1 aliphatic carbocycles. The van der Waals surface area contributed by atoms with Gasteiger partial charge in [0, 0.05) is 44.4 Å². The molecular weight excluding hydrogens is 336 g/mol. The van der Waals surface area contributed by atoms with Crippen LogP contribution in [-0.2, 0) is 19.5 Å². The second-order valence-electron chi connectivity index (χ2n) is 6.90. The Labute approximate surface area is 153 Å². The lowest BCUT2D eigenvalue weighted by atomic mass is 10.2. The third kappa shape index (κ3) is 4.59. The van der Waals surface area contributed by atoms with Crippen LogP contribution in [0.3, 0.4) is 0 Å². The maximum absolute atomic E-state index is 12.3. The number of aliphatic imine (C=N–C) groups is 1. The molecule has 2 heterocycles. The van der Waals surface area contributed by atoms with Crippen LogP contribution in [0.1, 0.15) is 44.3 Å². The molecule has 3 rings (SSSR count). The molecular formula is C17H30N6OS. The van der Waals surface area contributed by atoms with E-state index in [1.54, 1.807) is 4.68 Å². The molecule has 0 radical (unpaired) electrons. The minimum Gasteiger partial charge on any atom is -0.356 e. The molecule has 7 nitrogen and oxygen atoms in total. The van der Waals surface area contributed by atoms with Crippen LogP contribution < -0.4 is 16.3 Å². The summed E-state index contributed by atoms with van der Waals surface area (Å²) in [5.41, 5.74) is 0.0475. The maximum Gasteiger partial charge on any atom is 0.345 e. The van der Waals surface area contributed by atoms with E-state index < -0.39 is 0 Å². The molecule has 2 atom stereocenters. The summed E-state index contributed by atoms with van der Waals surface area (Å²) < 4.78 is 3.46. The Hall–Kier alpha value is -1.44. The van der Waals surface area contributed by atoms with Crippen molar-refractivity contribution >= 4 is 17.7 Å². The number of nitrogens with zero attached hydrogens (tertiary/aromatic N) is 4. The van der Waals surface area contributed by atoms with E-state index in [-0.39, 0.29) is 5.69 Å². The molecule has 0 aromatic carbocycles. The van der Waals surface area contributed by atoms with E-state index in [0.29, 0.717) is 12.6 Å². The lowest BCUT2D eigenvalue weighted by molar-refractivity contribution is 0.508. The quantitative estimate of drug-likeness (QED) is 0.450. The van der Waals surface area contributed by atoms with Crippen molar-refractivity contribution in [3.63, 3.8) is 0 Å². The zero-order valence-corrected chi connectivity index (χ0v) is 16.1. The summed E-state index contributed by atoms with van der Waals surface area (Å²) in [5.74, 6) is 1.81. The third-order valence-electron chi connectivity index (χ3n) is 5.15. The van der Waals surface area contributed by atoms with E-state index in [1.807, 2.05) is 23.4 Å². The van der Waals surface area contributed by atoms with Gasteiger partial charge in [0.1, 0.15) is 5.82 Å². The van der Waals surface area contributed by atoms with Crippen molar-refractivity contribution in [1.82, 2.24) is 25.0 Å². The summed E-state index contributed by atoms with van der Waals surface area (Å²) in [6, 6.07) is 0.520. The molecule has 1 aromatic heterocycles. The van der Waals surface area contributed by atoms with Crippen molar-refractivity contribution in [1.29, 1.82) is 0 Å². The Morgan fingerprint density at radius 2 is 2.28 bits per heavy atom. The number of aromatic nitrogens is 3. The van der Waals surface area contributed by atoms with E-state index >= 15 is 0 Å². The zero-order valence-electron chi connectivity index (χ0n) is 15.3. The Balaban J connectivity index is 1.42. The maximum atomic E-state index is 12.3. The first-order valence-corrected chi connectivity index (χ1v) is 10.7. The Morgan fingerprint density at radius 1 is 1.40 bits per heavy atom. The van der Waals surface area contributed by atoms with E-state index in [2.05, 4.69) is 27.0 Å². The van der Waals surface area contributed by atoms with Crippen LogP contribution in [0.5, 0.6) is 0 Å². The van der Waals surface area contributed by atoms with Gasteiger partial charge in [-0.15, -0.1) is 0 Å². The molecule has 1 saturated carbocycles. The van der Waals surface area contributed by atoms with Crippen LogP contribution in [0.15, 0.2) is 9.79 Å². The number of guanidine groups is 1. The largest absolute Gasteiger partial charge is 0.356 e. The first-order chi connectivity index (χ1) is 12.2. The molecule has 8 heteroatoms. The average molecular weight is 367 g/mol. The first-order valence-electron chi connectivity index (χ1n) is 9.37. The van der Waals surface area contributed by atoms with Crippen LogP contribution in [0, 0.1) is 0 Å². The average Bonchev–Trinajstić information content (AvgIpc) is 3.22. The summed E-state index contributed by atoms with van der Waals surface area (Å²) in [6.07, 6.45) is 9.89. The molecule has 1 aliphatic heterocycles. The molecule has 0 bridgehead atoms. The minimum atomic E-state index is 0.0475. The Bertz CT molecular complexity index is 652. The molecule has 0 amide bonds. The second-order valence-corrected chi connectivity index (χ2v) is 8.03. The summed E-state index contributed by atoms with van der Waals surface area (Å²) in [4.78, 5) is 16.6. The van der Waals surface area contributed by atoms with Gasteiger partial charge >= 0.3 is 5.69 Å². The lowest BCUT2D eigenvalue weighted by Gasteiger charge is -2.17. The van der Waals surface area contributed by atoms with Gasteiger partial charge in [-0.25, -0.2) is 9.48 Å². The van der Waals surface area contributed by atoms with Crippen molar-refractivity contribution in [2.24, 2.45) is 4.99 Å². The van der Waals surface area contributed by atoms with Crippen LogP contribution in [0.25, 0.3) is 0 Å². The monoisotopic (exact) mass is 366 g/mol. The van der Waals surface area contributed by atoms with Gasteiger partial charge in [0.05, 0.1) is 0 Å². The molecule has 2 unspecified atom stereocenters. The molecule has 0 saturated heterocycles. The smallest absolute Gasteiger partial charge is 0.345 e. The minimum absolute atomic E-state index is 0.0475. The predicted octanol–water partition coefficient (Wildman–Crippen LogP) is 1.22. The molecule has 140 valence electrons. The van der Waals surface area contributed by atoms with E-state index in [4.69, 9.17) is 0 Å². The van der Waals surface area contributed by atoms with Crippen molar-refractivity contribution in [3.8, 4) is 0 Å². The van der Waals surface area contributed by atoms with Crippen molar-refractivity contribution in [2.75, 3.05) is 19.8 Å². The zero-order chi connectivity index (χ0) is 17.6. The number of aryl methyl sites for hydroxylation is 2. The Morgan fingerprint density at radius 3 is 3.00 bits per heavy atom. The van der Waals surface area contributed by atoms with Crippen LogP contribution in [-0.4, -0.2) is 51.4 Å². The number of fused-ring (bicyclic) bond motifs is 1. The summed E-state index contributed by atoms with van der Waals surface area (Å²) in [7, 11) is 1.81. The molecule has 25 heavy (non-hydrogen) atoms. The highest BCUT2D eigenvalue weighted by molar-refractivity contribution is 7.99. The normalized spacial score (nSPS) is 23.5. The van der Waals surface area contributed by atoms with Gasteiger partial charge in [-0.2, -0.15) is 16.9 Å². The number of hydrogen-bond donors (Lipinski definition) is 2. The highest BCUT2D eigenvalue weighted by atomic mass is 32.2. The van der Waals surface area contributed by atoms with Crippen LogP contribution in [0.2, 0.25) is 0 Å². The van der Waals surface area contributed by atoms with Gasteiger partial charge in [-0.1, -0.05) is 0 Å². The molecule has 2 N–H and O–H groups in total. The fourth-order valence-corrected chi connectivity index (χ4v) is 4.50. The van der Waals surface area contributed by atoms with Gasteiger partial charge in [-0.05, 0) is 44.8 Å². The second kappa shape index (κ2) is 8.78. The number of rotatable bonds is 6. The van der Waals surface area contributed by atoms with E-state index in [0.717, 1.165) is 55.8 Å². The predicted molar refractivity (Wildman–Crippen MR) is 103 cm³/mol. The topological polar surface area (TPSA) is 76.2 Å². The first kappa shape index (κ1) is 18.4. The highest BCUT2D eigenvalue weighted by Crippen LogP contribution is 2.27. The standard InChI is InChI=1S/C17H30N6OS/c1-18-16(20-13-7-8-14(12-13)25-2)19-9-5-11-23-17(24)22-10-4-3-6-15(22)21-23/h13-14H,3-12H2,1-2H3,(H2,18,19,20). The summed E-state index contributed by atoms with van der Waals surface area (Å²) in [6.45, 7) is 2.26. The summed E-state index contributed by atoms with van der Waals surface area (Å²) in [5, 5.41) is 12.1. The van der Waals surface area contributed by atoms with Gasteiger partial charge in [0.2, 0.25) is 0 Å². The molecule has 2 aliphatic rings. The molecule has 1 aromatic rings. The van der Waals surface area contributed by atoms with Crippen molar-refractivity contribution in [2.45, 2.75) is 69.3 Å². The van der Waals surface area contributed by atoms with Gasteiger partial charge in [0.25, 0.3) is 0 Å². The van der Waals surface area contributed by atoms with Gasteiger partial charge in [0.15, 0.2) is 5.96 Å². The number of hydrogen-bond acceptors (Lipinski definition) is 4. The number of nitrogens with one attached hydrogen (secondary N) is 2. The highest BCUT2D eigenvalue weighted by Gasteiger charge is 2.24. The van der Waals surface area contributed by atoms with Gasteiger partial charge < -0.3 is 10.6 Å². The third-order valence-corrected chi connectivity index (χ3v) is 6.25. The van der Waals surface area contributed by atoms with Crippen molar-refractivity contribution in [3.05, 3.63) is 16.3 Å². The number of thioether (sulfide) groups is 1. The molecule has 1 fully saturated rings. The van der Waals surface area contributed by atoms with E-state index in [1.165, 1.54) is 19.3 Å². The SMILES string of the molecule is CN=C(NCCCn1nc2n(c1=O)CCCC2)NC1CCC(SC)C1. The van der Waals surface area contributed by atoms with Gasteiger partial charge in [-0.3, -0.25) is 9.56 Å². The fourth-order valence-electron chi connectivity index (χ4n) is 3.70. The van der Waals surface area contributed by atoms with E-state index in [9.17, 15) is 4.79 Å². The molecule has 0 spiro atoms. The van der Waals surface area contributed by atoms with Crippen molar-refractivity contribution < 1.29 is 0 Å². The summed E-state index contributed by atoms with van der Waals surface area (Å²) >= 11 is 1.96. The fraction of sp³-hybridized carbons (Fsp3) is 0.824. The Kier molecular flexibility index (Phi) is 6.45. The van der Waals surface area contributed by atoms with Crippen LogP contribution in [0.4, 0.5) is 0 Å². The van der Waals surface area contributed by atoms with Crippen LogP contribution >= 0.6 is 11.8 Å².